The predicted octanol–water partition coefficient (Wildman–Crippen LogP) is 3.16. The number of unbranched alkanes of at least 4 members (excludes halogenated alkanes) is 2. The molecule has 0 heterocycles. The van der Waals surface area contributed by atoms with Gasteiger partial charge in [-0.1, -0.05) is 38.8 Å². The van der Waals surface area contributed by atoms with Gasteiger partial charge in [-0.25, -0.2) is 0 Å². The zero-order valence-corrected chi connectivity index (χ0v) is 7.81. The van der Waals surface area contributed by atoms with E-state index >= 15 is 0 Å². The molecule has 0 fully saturated rings. The molecule has 0 aromatic carbocycles. The molecule has 0 aliphatic rings. The van der Waals surface area contributed by atoms with Crippen molar-refractivity contribution < 1.29 is 4.74 Å². The highest BCUT2D eigenvalue weighted by Gasteiger charge is 1.84. The summed E-state index contributed by atoms with van der Waals surface area (Å²) >= 11 is 0. The fourth-order valence-corrected chi connectivity index (χ4v) is 0.840. The predicted molar refractivity (Wildman–Crippen MR) is 49.8 cm³/mol. The molecule has 1 heteroatoms. The summed E-state index contributed by atoms with van der Waals surface area (Å²) < 4.78 is 5.35. The minimum absolute atomic E-state index is 0.789. The SMILES string of the molecule is CCC=CCOCCCCC. The molecule has 0 aliphatic carbocycles. The zero-order chi connectivity index (χ0) is 8.36. The maximum Gasteiger partial charge on any atom is 0.0647 e. The van der Waals surface area contributed by atoms with Gasteiger partial charge in [-0.3, -0.25) is 0 Å². The monoisotopic (exact) mass is 156 g/mol. The average Bonchev–Trinajstić information content (AvgIpc) is 2.03. The van der Waals surface area contributed by atoms with E-state index in [0.717, 1.165) is 19.6 Å². The first-order valence-corrected chi connectivity index (χ1v) is 4.64. The van der Waals surface area contributed by atoms with Crippen LogP contribution in [0.2, 0.25) is 0 Å². The van der Waals surface area contributed by atoms with Crippen LogP contribution < -0.4 is 0 Å². The van der Waals surface area contributed by atoms with E-state index in [4.69, 9.17) is 4.74 Å². The van der Waals surface area contributed by atoms with Crippen LogP contribution in [0.5, 0.6) is 0 Å². The highest BCUT2D eigenvalue weighted by Crippen LogP contribution is 1.93. The lowest BCUT2D eigenvalue weighted by molar-refractivity contribution is 0.157. The number of hydrogen-bond acceptors (Lipinski definition) is 1. The van der Waals surface area contributed by atoms with Crippen molar-refractivity contribution in [3.05, 3.63) is 12.2 Å². The van der Waals surface area contributed by atoms with Gasteiger partial charge in [0.2, 0.25) is 0 Å². The zero-order valence-electron chi connectivity index (χ0n) is 7.81. The van der Waals surface area contributed by atoms with Gasteiger partial charge < -0.3 is 4.74 Å². The Bertz CT molecular complexity index is 86.9. The summed E-state index contributed by atoms with van der Waals surface area (Å²) in [4.78, 5) is 0. The van der Waals surface area contributed by atoms with Crippen molar-refractivity contribution >= 4 is 0 Å². The van der Waals surface area contributed by atoms with E-state index in [1.54, 1.807) is 0 Å². The van der Waals surface area contributed by atoms with Crippen LogP contribution in [0, 0.1) is 0 Å². The van der Waals surface area contributed by atoms with Crippen molar-refractivity contribution in [2.24, 2.45) is 0 Å². The molecule has 66 valence electrons. The first-order chi connectivity index (χ1) is 5.41. The van der Waals surface area contributed by atoms with Gasteiger partial charge in [-0.05, 0) is 12.8 Å². The fourth-order valence-electron chi connectivity index (χ4n) is 0.840. The second-order valence-corrected chi connectivity index (χ2v) is 2.66. The Hall–Kier alpha value is -0.300. The van der Waals surface area contributed by atoms with Gasteiger partial charge >= 0.3 is 0 Å². The molecule has 1 nitrogen and oxygen atoms in total. The first-order valence-electron chi connectivity index (χ1n) is 4.64. The Balaban J connectivity index is 2.85. The smallest absolute Gasteiger partial charge is 0.0647 e. The van der Waals surface area contributed by atoms with Gasteiger partial charge in [-0.2, -0.15) is 0 Å². The largest absolute Gasteiger partial charge is 0.377 e. The van der Waals surface area contributed by atoms with Gasteiger partial charge in [0.15, 0.2) is 0 Å². The summed E-state index contributed by atoms with van der Waals surface area (Å²) in [5.41, 5.74) is 0. The molecule has 0 aliphatic heterocycles. The van der Waals surface area contributed by atoms with Crippen LogP contribution in [-0.2, 0) is 4.74 Å². The van der Waals surface area contributed by atoms with E-state index in [1.807, 2.05) is 0 Å². The van der Waals surface area contributed by atoms with Crippen molar-refractivity contribution in [3.8, 4) is 0 Å². The Morgan fingerprint density at radius 3 is 2.55 bits per heavy atom. The normalized spacial score (nSPS) is 11.1. The van der Waals surface area contributed by atoms with Gasteiger partial charge in [0.05, 0.1) is 6.61 Å². The summed E-state index contributed by atoms with van der Waals surface area (Å²) in [6.07, 6.45) is 9.10. The molecule has 0 unspecified atom stereocenters. The quantitative estimate of drug-likeness (QED) is 0.406. The number of rotatable bonds is 7. The summed E-state index contributed by atoms with van der Waals surface area (Å²) in [5.74, 6) is 0. The highest BCUT2D eigenvalue weighted by molar-refractivity contribution is 4.79. The minimum Gasteiger partial charge on any atom is -0.377 e. The van der Waals surface area contributed by atoms with Gasteiger partial charge in [0.1, 0.15) is 0 Å². The molecule has 0 saturated heterocycles. The Morgan fingerprint density at radius 1 is 1.09 bits per heavy atom. The second-order valence-electron chi connectivity index (χ2n) is 2.66. The number of hydrogen-bond donors (Lipinski definition) is 0. The molecule has 0 N–H and O–H groups in total. The molecular formula is C10H20O. The fraction of sp³-hybridized carbons (Fsp3) is 0.800. The van der Waals surface area contributed by atoms with E-state index in [1.165, 1.54) is 19.3 Å². The summed E-state index contributed by atoms with van der Waals surface area (Å²) in [7, 11) is 0. The highest BCUT2D eigenvalue weighted by atomic mass is 16.5. The van der Waals surface area contributed by atoms with Crippen molar-refractivity contribution in [2.45, 2.75) is 39.5 Å². The molecule has 0 radical (unpaired) electrons. The molecule has 0 spiro atoms. The van der Waals surface area contributed by atoms with Crippen molar-refractivity contribution in [1.29, 1.82) is 0 Å². The lowest BCUT2D eigenvalue weighted by Crippen LogP contribution is -1.93. The van der Waals surface area contributed by atoms with Gasteiger partial charge in [0.25, 0.3) is 0 Å². The molecule has 11 heavy (non-hydrogen) atoms. The van der Waals surface area contributed by atoms with Crippen LogP contribution >= 0.6 is 0 Å². The second kappa shape index (κ2) is 9.70. The summed E-state index contributed by atoms with van der Waals surface area (Å²) in [6.45, 7) is 6.05. The molecule has 0 bridgehead atoms. The van der Waals surface area contributed by atoms with E-state index in [0.29, 0.717) is 0 Å². The Morgan fingerprint density at radius 2 is 1.91 bits per heavy atom. The molecular weight excluding hydrogens is 136 g/mol. The lowest BCUT2D eigenvalue weighted by Gasteiger charge is -1.98. The van der Waals surface area contributed by atoms with Crippen LogP contribution in [0.25, 0.3) is 0 Å². The van der Waals surface area contributed by atoms with Crippen molar-refractivity contribution in [2.75, 3.05) is 13.2 Å². The van der Waals surface area contributed by atoms with Crippen LogP contribution in [0.4, 0.5) is 0 Å². The van der Waals surface area contributed by atoms with E-state index in [-0.39, 0.29) is 0 Å². The van der Waals surface area contributed by atoms with E-state index in [2.05, 4.69) is 26.0 Å². The van der Waals surface area contributed by atoms with E-state index < -0.39 is 0 Å². The van der Waals surface area contributed by atoms with Crippen LogP contribution in [0.15, 0.2) is 12.2 Å². The maximum absolute atomic E-state index is 5.35. The molecule has 0 amide bonds. The van der Waals surface area contributed by atoms with Gasteiger partial charge in [0, 0.05) is 6.61 Å². The third-order valence-corrected chi connectivity index (χ3v) is 1.51. The minimum atomic E-state index is 0.789. The van der Waals surface area contributed by atoms with Crippen LogP contribution in [-0.4, -0.2) is 13.2 Å². The lowest BCUT2D eigenvalue weighted by atomic mass is 10.3. The summed E-state index contributed by atoms with van der Waals surface area (Å²) in [5, 5.41) is 0. The first kappa shape index (κ1) is 10.7. The molecule has 0 rings (SSSR count). The standard InChI is InChI=1S/C10H20O/c1-3-5-7-9-11-10-8-6-4-2/h5,7H,3-4,6,8-10H2,1-2H3. The topological polar surface area (TPSA) is 9.23 Å². The molecule has 0 saturated carbocycles. The Labute approximate surface area is 70.4 Å². The third-order valence-electron chi connectivity index (χ3n) is 1.51. The average molecular weight is 156 g/mol. The van der Waals surface area contributed by atoms with Crippen LogP contribution in [0.3, 0.4) is 0 Å². The maximum atomic E-state index is 5.35. The molecule has 0 aromatic rings. The van der Waals surface area contributed by atoms with Crippen molar-refractivity contribution in [1.82, 2.24) is 0 Å². The summed E-state index contributed by atoms with van der Waals surface area (Å²) in [6, 6.07) is 0. The number of ether oxygens (including phenoxy) is 1. The Kier molecular flexibility index (Phi) is 9.44. The number of allylic oxidation sites excluding steroid dienone is 1. The molecule has 0 atom stereocenters. The third kappa shape index (κ3) is 9.70. The van der Waals surface area contributed by atoms with E-state index in [9.17, 15) is 0 Å². The molecule has 0 aromatic heterocycles. The van der Waals surface area contributed by atoms with Crippen LogP contribution in [0.1, 0.15) is 39.5 Å². The van der Waals surface area contributed by atoms with Crippen molar-refractivity contribution in [3.63, 3.8) is 0 Å². The van der Waals surface area contributed by atoms with Gasteiger partial charge in [-0.15, -0.1) is 0 Å².